The highest BCUT2D eigenvalue weighted by Gasteiger charge is 2.33. The van der Waals surface area contributed by atoms with Crippen molar-refractivity contribution in [2.24, 2.45) is 0 Å². The minimum atomic E-state index is -4.65. The molecule has 20 heavy (non-hydrogen) atoms. The van der Waals surface area contributed by atoms with Gasteiger partial charge in [-0.3, -0.25) is 9.78 Å². The molecule has 0 amide bonds. The van der Waals surface area contributed by atoms with Crippen LogP contribution in [0.1, 0.15) is 11.3 Å². The van der Waals surface area contributed by atoms with Gasteiger partial charge in [-0.15, -0.1) is 0 Å². The summed E-state index contributed by atoms with van der Waals surface area (Å²) in [6.45, 7) is 0.240. The summed E-state index contributed by atoms with van der Waals surface area (Å²) in [6, 6.07) is 7.64. The maximum absolute atomic E-state index is 12.5. The molecule has 0 aliphatic heterocycles. The van der Waals surface area contributed by atoms with Crippen molar-refractivity contribution in [3.05, 3.63) is 56.4 Å². The number of aromatic nitrogens is 2. The van der Waals surface area contributed by atoms with Crippen LogP contribution in [0.3, 0.4) is 0 Å². The van der Waals surface area contributed by atoms with Gasteiger partial charge in [0.15, 0.2) is 5.69 Å². The van der Waals surface area contributed by atoms with Gasteiger partial charge >= 0.3 is 6.18 Å². The number of benzene rings is 1. The topological polar surface area (TPSA) is 57.8 Å². The zero-order chi connectivity index (χ0) is 14.8. The van der Waals surface area contributed by atoms with Crippen LogP contribution >= 0.6 is 15.9 Å². The minimum Gasteiger partial charge on any atom is -0.352 e. The Morgan fingerprint density at radius 2 is 2.05 bits per heavy atom. The fraction of sp³-hybridized carbons (Fsp3) is 0.167. The van der Waals surface area contributed by atoms with E-state index < -0.39 is 17.4 Å². The molecule has 1 aromatic carbocycles. The number of nitrogens with zero attached hydrogens (tertiary/aromatic N) is 1. The molecule has 0 spiro atoms. The number of halogens is 4. The van der Waals surface area contributed by atoms with Crippen LogP contribution in [-0.2, 0) is 12.7 Å². The second kappa shape index (κ2) is 5.66. The van der Waals surface area contributed by atoms with Gasteiger partial charge in [-0.1, -0.05) is 28.1 Å². The molecule has 2 aromatic rings. The normalized spacial score (nSPS) is 11.4. The fourth-order valence-electron chi connectivity index (χ4n) is 1.52. The van der Waals surface area contributed by atoms with Gasteiger partial charge in [0.2, 0.25) is 5.95 Å². The van der Waals surface area contributed by atoms with Crippen LogP contribution in [0.15, 0.2) is 39.6 Å². The van der Waals surface area contributed by atoms with E-state index in [-0.39, 0.29) is 12.5 Å². The molecule has 4 nitrogen and oxygen atoms in total. The number of hydrogen-bond acceptors (Lipinski definition) is 3. The van der Waals surface area contributed by atoms with Gasteiger partial charge < -0.3 is 5.32 Å². The van der Waals surface area contributed by atoms with E-state index in [0.29, 0.717) is 6.07 Å². The summed E-state index contributed by atoms with van der Waals surface area (Å²) < 4.78 is 38.4. The van der Waals surface area contributed by atoms with Crippen LogP contribution in [0.25, 0.3) is 0 Å². The molecule has 0 saturated heterocycles. The molecule has 2 N–H and O–H groups in total. The van der Waals surface area contributed by atoms with E-state index in [4.69, 9.17) is 0 Å². The Labute approximate surface area is 120 Å². The Balaban J connectivity index is 2.18. The molecular formula is C12H9BrF3N3O. The van der Waals surface area contributed by atoms with Crippen LogP contribution in [0.4, 0.5) is 19.1 Å². The van der Waals surface area contributed by atoms with Crippen LogP contribution in [0.2, 0.25) is 0 Å². The van der Waals surface area contributed by atoms with Gasteiger partial charge in [0, 0.05) is 17.1 Å². The number of nitrogens with one attached hydrogen (secondary N) is 2. The molecule has 8 heteroatoms. The maximum atomic E-state index is 12.5. The van der Waals surface area contributed by atoms with Crippen molar-refractivity contribution in [2.75, 3.05) is 5.32 Å². The maximum Gasteiger partial charge on any atom is 0.433 e. The number of aromatic amines is 1. The average Bonchev–Trinajstić information content (AvgIpc) is 2.35. The lowest BCUT2D eigenvalue weighted by atomic mass is 10.2. The largest absolute Gasteiger partial charge is 0.433 e. The van der Waals surface area contributed by atoms with Crippen LogP contribution in [0, 0.1) is 0 Å². The molecule has 0 atom stereocenters. The number of hydrogen-bond donors (Lipinski definition) is 2. The summed E-state index contributed by atoms with van der Waals surface area (Å²) in [5, 5.41) is 2.65. The first-order chi connectivity index (χ1) is 9.34. The van der Waals surface area contributed by atoms with E-state index in [0.717, 1.165) is 10.0 Å². The first kappa shape index (κ1) is 14.6. The second-order valence-electron chi connectivity index (χ2n) is 3.96. The predicted molar refractivity (Wildman–Crippen MR) is 71.3 cm³/mol. The summed E-state index contributed by atoms with van der Waals surface area (Å²) >= 11 is 3.29. The first-order valence-corrected chi connectivity index (χ1v) is 6.31. The number of rotatable bonds is 3. The van der Waals surface area contributed by atoms with E-state index in [2.05, 4.69) is 31.2 Å². The molecule has 106 valence electrons. The van der Waals surface area contributed by atoms with Crippen molar-refractivity contribution >= 4 is 21.9 Å². The van der Waals surface area contributed by atoms with E-state index in [9.17, 15) is 18.0 Å². The minimum absolute atomic E-state index is 0.218. The van der Waals surface area contributed by atoms with E-state index in [1.54, 1.807) is 18.2 Å². The third-order valence-electron chi connectivity index (χ3n) is 2.38. The predicted octanol–water partition coefficient (Wildman–Crippen LogP) is 3.16. The molecule has 0 saturated carbocycles. The summed E-state index contributed by atoms with van der Waals surface area (Å²) in [4.78, 5) is 16.7. The van der Waals surface area contributed by atoms with Crippen molar-refractivity contribution in [2.45, 2.75) is 12.7 Å². The lowest BCUT2D eigenvalue weighted by Crippen LogP contribution is -2.18. The van der Waals surface area contributed by atoms with Crippen LogP contribution in [0.5, 0.6) is 0 Å². The van der Waals surface area contributed by atoms with Gasteiger partial charge in [0.25, 0.3) is 5.56 Å². The lowest BCUT2D eigenvalue weighted by Gasteiger charge is -2.09. The van der Waals surface area contributed by atoms with Gasteiger partial charge in [-0.25, -0.2) is 4.98 Å². The van der Waals surface area contributed by atoms with Crippen molar-refractivity contribution in [3.8, 4) is 0 Å². The van der Waals surface area contributed by atoms with Gasteiger partial charge in [-0.05, 0) is 17.7 Å². The fourth-order valence-corrected chi connectivity index (χ4v) is 1.97. The van der Waals surface area contributed by atoms with Crippen LogP contribution in [-0.4, -0.2) is 9.97 Å². The van der Waals surface area contributed by atoms with Gasteiger partial charge in [-0.2, -0.15) is 13.2 Å². The highest BCUT2D eigenvalue weighted by atomic mass is 79.9. The average molecular weight is 348 g/mol. The molecule has 1 aromatic heterocycles. The number of H-pyrrole nitrogens is 1. The van der Waals surface area contributed by atoms with Crippen molar-refractivity contribution in [1.29, 1.82) is 0 Å². The quantitative estimate of drug-likeness (QED) is 0.896. The standard InChI is InChI=1S/C12H9BrF3N3O/c13-8-3-1-2-7(4-8)6-17-11-18-9(12(14,15)16)5-10(20)19-11/h1-5H,6H2,(H2,17,18,19,20). The van der Waals surface area contributed by atoms with Crippen molar-refractivity contribution in [1.82, 2.24) is 9.97 Å². The SMILES string of the molecule is O=c1cc(C(F)(F)F)nc(NCc2cccc(Br)c2)[nH]1. The van der Waals surface area contributed by atoms with Gasteiger partial charge in [0.1, 0.15) is 0 Å². The van der Waals surface area contributed by atoms with E-state index in [1.165, 1.54) is 0 Å². The summed E-state index contributed by atoms with van der Waals surface area (Å²) in [6.07, 6.45) is -4.65. The Morgan fingerprint density at radius 3 is 2.70 bits per heavy atom. The zero-order valence-corrected chi connectivity index (χ0v) is 11.5. The Hall–Kier alpha value is -1.83. The highest BCUT2D eigenvalue weighted by molar-refractivity contribution is 9.10. The van der Waals surface area contributed by atoms with E-state index >= 15 is 0 Å². The lowest BCUT2D eigenvalue weighted by molar-refractivity contribution is -0.141. The molecule has 0 aliphatic carbocycles. The van der Waals surface area contributed by atoms with Crippen molar-refractivity contribution in [3.63, 3.8) is 0 Å². The zero-order valence-electron chi connectivity index (χ0n) is 9.96. The molecule has 0 unspecified atom stereocenters. The summed E-state index contributed by atoms with van der Waals surface area (Å²) in [5.41, 5.74) is -1.25. The molecule has 0 bridgehead atoms. The molecule has 1 heterocycles. The molecule has 2 rings (SSSR count). The highest BCUT2D eigenvalue weighted by Crippen LogP contribution is 2.26. The summed E-state index contributed by atoms with van der Waals surface area (Å²) in [5.74, 6) is -0.218. The monoisotopic (exact) mass is 347 g/mol. The van der Waals surface area contributed by atoms with E-state index in [1.807, 2.05) is 6.07 Å². The molecule has 0 fully saturated rings. The van der Waals surface area contributed by atoms with Crippen LogP contribution < -0.4 is 10.9 Å². The summed E-state index contributed by atoms with van der Waals surface area (Å²) in [7, 11) is 0. The smallest absolute Gasteiger partial charge is 0.352 e. The number of alkyl halides is 3. The molecular weight excluding hydrogens is 339 g/mol. The molecule has 0 radical (unpaired) electrons. The Kier molecular flexibility index (Phi) is 4.12. The Morgan fingerprint density at radius 1 is 1.30 bits per heavy atom. The third-order valence-corrected chi connectivity index (χ3v) is 2.87. The third kappa shape index (κ3) is 3.83. The van der Waals surface area contributed by atoms with Crippen molar-refractivity contribution < 1.29 is 13.2 Å². The Bertz CT molecular complexity index is 669. The molecule has 0 aliphatic rings. The van der Waals surface area contributed by atoms with Gasteiger partial charge in [0.05, 0.1) is 0 Å². The first-order valence-electron chi connectivity index (χ1n) is 5.51. The second-order valence-corrected chi connectivity index (χ2v) is 4.88. The number of anilines is 1.